The van der Waals surface area contributed by atoms with Gasteiger partial charge in [-0.05, 0) is 38.3 Å². The van der Waals surface area contributed by atoms with Gasteiger partial charge in [-0.15, -0.1) is 0 Å². The molecule has 1 N–H and O–H groups in total. The normalized spacial score (nSPS) is 27.0. The highest BCUT2D eigenvalue weighted by molar-refractivity contribution is 6.11. The lowest BCUT2D eigenvalue weighted by Crippen LogP contribution is -2.64. The number of carbonyl (C=O) groups excluding carboxylic acids is 3. The van der Waals surface area contributed by atoms with Crippen LogP contribution in [0.15, 0.2) is 24.3 Å². The number of hydrogen-bond donors (Lipinski definition) is 1. The van der Waals surface area contributed by atoms with Crippen molar-refractivity contribution < 1.29 is 24.3 Å². The van der Waals surface area contributed by atoms with Crippen LogP contribution in [0.2, 0.25) is 0 Å². The monoisotopic (exact) mass is 371 g/mol. The molecule has 3 aliphatic heterocycles. The molecule has 0 aliphatic carbocycles. The number of rotatable bonds is 3. The Morgan fingerprint density at radius 1 is 1.26 bits per heavy atom. The third-order valence-electron chi connectivity index (χ3n) is 5.90. The Balaban J connectivity index is 1.68. The van der Waals surface area contributed by atoms with E-state index >= 15 is 0 Å². The average molecular weight is 371 g/mol. The van der Waals surface area contributed by atoms with Gasteiger partial charge in [0.25, 0.3) is 5.91 Å². The van der Waals surface area contributed by atoms with Crippen LogP contribution >= 0.6 is 0 Å². The van der Waals surface area contributed by atoms with Gasteiger partial charge < -0.3 is 14.9 Å². The summed E-state index contributed by atoms with van der Waals surface area (Å²) in [6.45, 7) is 1.92. The number of likely N-dealkylation sites (tertiary alicyclic amines) is 1. The Labute approximate surface area is 156 Å². The number of nitrogens with zero attached hydrogens (tertiary/aromatic N) is 3. The lowest BCUT2D eigenvalue weighted by molar-refractivity contribution is -0.148. The van der Waals surface area contributed by atoms with Crippen LogP contribution < -0.4 is 4.90 Å². The second-order valence-corrected chi connectivity index (χ2v) is 7.44. The maximum Gasteiger partial charge on any atom is 0.326 e. The third kappa shape index (κ3) is 2.50. The van der Waals surface area contributed by atoms with Crippen molar-refractivity contribution in [3.63, 3.8) is 0 Å². The molecule has 0 aromatic heterocycles. The molecular weight excluding hydrogens is 350 g/mol. The van der Waals surface area contributed by atoms with Gasteiger partial charge in [-0.25, -0.2) is 4.79 Å². The van der Waals surface area contributed by atoms with E-state index in [0.29, 0.717) is 43.5 Å². The molecule has 3 aliphatic rings. The molecule has 2 atom stereocenters. The Morgan fingerprint density at radius 3 is 2.74 bits per heavy atom. The highest BCUT2D eigenvalue weighted by Crippen LogP contribution is 2.43. The van der Waals surface area contributed by atoms with Crippen LogP contribution in [-0.4, -0.2) is 63.4 Å². The zero-order chi connectivity index (χ0) is 19.3. The Kier molecular flexibility index (Phi) is 3.94. The number of hydrogen-bond acceptors (Lipinski definition) is 4. The van der Waals surface area contributed by atoms with Crippen LogP contribution in [0, 0.1) is 0 Å². The standard InChI is InChI=1S/C19H21N3O5/c1-19-9-8-15(23)22(19)13-6-3-2-5-12(13)17(25)21(19)11-16(24)20-10-4-7-14(20)18(26)27/h2-3,5-6,14H,4,7-11H2,1H3,(H,26,27)/t14-,19?/m1/s1. The smallest absolute Gasteiger partial charge is 0.326 e. The van der Waals surface area contributed by atoms with Crippen molar-refractivity contribution in [3.05, 3.63) is 29.8 Å². The summed E-state index contributed by atoms with van der Waals surface area (Å²) in [5, 5.41) is 9.33. The van der Waals surface area contributed by atoms with E-state index in [0.717, 1.165) is 0 Å². The first kappa shape index (κ1) is 17.5. The van der Waals surface area contributed by atoms with Gasteiger partial charge in [-0.1, -0.05) is 12.1 Å². The highest BCUT2D eigenvalue weighted by Gasteiger charge is 2.53. The van der Waals surface area contributed by atoms with Gasteiger partial charge in [0.1, 0.15) is 18.2 Å². The van der Waals surface area contributed by atoms with E-state index in [4.69, 9.17) is 0 Å². The minimum atomic E-state index is -1.03. The molecule has 8 nitrogen and oxygen atoms in total. The van der Waals surface area contributed by atoms with Crippen molar-refractivity contribution in [1.29, 1.82) is 0 Å². The van der Waals surface area contributed by atoms with Crippen molar-refractivity contribution >= 4 is 29.4 Å². The number of aliphatic carboxylic acids is 1. The summed E-state index contributed by atoms with van der Waals surface area (Å²) in [5.74, 6) is -1.81. The van der Waals surface area contributed by atoms with Crippen molar-refractivity contribution in [3.8, 4) is 0 Å². The van der Waals surface area contributed by atoms with Gasteiger partial charge in [0.2, 0.25) is 11.8 Å². The molecule has 3 heterocycles. The first-order valence-corrected chi connectivity index (χ1v) is 9.11. The lowest BCUT2D eigenvalue weighted by atomic mass is 9.98. The van der Waals surface area contributed by atoms with Gasteiger partial charge in [-0.2, -0.15) is 0 Å². The van der Waals surface area contributed by atoms with E-state index < -0.39 is 23.6 Å². The molecular formula is C19H21N3O5. The number of benzene rings is 1. The summed E-state index contributed by atoms with van der Waals surface area (Å²) in [4.78, 5) is 54.3. The summed E-state index contributed by atoms with van der Waals surface area (Å²) in [7, 11) is 0. The molecule has 142 valence electrons. The number of carboxylic acids is 1. The van der Waals surface area contributed by atoms with Crippen LogP contribution in [0.5, 0.6) is 0 Å². The number of carboxylic acid groups (broad SMARTS) is 1. The molecule has 1 aromatic rings. The molecule has 2 saturated heterocycles. The molecule has 0 saturated carbocycles. The summed E-state index contributed by atoms with van der Waals surface area (Å²) in [6, 6.07) is 6.05. The van der Waals surface area contributed by atoms with Crippen LogP contribution in [0.3, 0.4) is 0 Å². The number of fused-ring (bicyclic) bond motifs is 3. The van der Waals surface area contributed by atoms with Crippen LogP contribution in [0.4, 0.5) is 5.69 Å². The highest BCUT2D eigenvalue weighted by atomic mass is 16.4. The van der Waals surface area contributed by atoms with Gasteiger partial charge in [0.15, 0.2) is 0 Å². The lowest BCUT2D eigenvalue weighted by Gasteiger charge is -2.48. The SMILES string of the molecule is CC12CCC(=O)N1c1ccccc1C(=O)N2CC(=O)N1CCC[C@@H]1C(=O)O. The zero-order valence-corrected chi connectivity index (χ0v) is 15.1. The number of amides is 3. The van der Waals surface area contributed by atoms with Crippen molar-refractivity contribution in [1.82, 2.24) is 9.80 Å². The van der Waals surface area contributed by atoms with Gasteiger partial charge >= 0.3 is 5.97 Å². The maximum absolute atomic E-state index is 13.1. The quantitative estimate of drug-likeness (QED) is 0.857. The Hall–Kier alpha value is -2.90. The van der Waals surface area contributed by atoms with Crippen LogP contribution in [-0.2, 0) is 14.4 Å². The molecule has 4 rings (SSSR count). The molecule has 3 amide bonds. The summed E-state index contributed by atoms with van der Waals surface area (Å²) in [6.07, 6.45) is 1.77. The fourth-order valence-electron chi connectivity index (χ4n) is 4.49. The molecule has 1 aromatic carbocycles. The van der Waals surface area contributed by atoms with Crippen molar-refractivity contribution in [2.24, 2.45) is 0 Å². The van der Waals surface area contributed by atoms with Crippen molar-refractivity contribution in [2.45, 2.75) is 44.3 Å². The predicted molar refractivity (Wildman–Crippen MR) is 95.0 cm³/mol. The van der Waals surface area contributed by atoms with E-state index in [2.05, 4.69) is 0 Å². The first-order chi connectivity index (χ1) is 12.8. The summed E-state index contributed by atoms with van der Waals surface area (Å²) < 4.78 is 0. The van der Waals surface area contributed by atoms with E-state index in [1.54, 1.807) is 36.1 Å². The molecule has 2 fully saturated rings. The Bertz CT molecular complexity index is 854. The topological polar surface area (TPSA) is 98.2 Å². The second-order valence-electron chi connectivity index (χ2n) is 7.44. The average Bonchev–Trinajstić information content (AvgIpc) is 3.24. The van der Waals surface area contributed by atoms with E-state index in [1.165, 1.54) is 9.80 Å². The maximum atomic E-state index is 13.1. The summed E-state index contributed by atoms with van der Waals surface area (Å²) >= 11 is 0. The minimum absolute atomic E-state index is 0.0838. The summed E-state index contributed by atoms with van der Waals surface area (Å²) in [5.41, 5.74) is 0.0337. The first-order valence-electron chi connectivity index (χ1n) is 9.11. The molecule has 1 unspecified atom stereocenters. The van der Waals surface area contributed by atoms with E-state index in [9.17, 15) is 24.3 Å². The minimum Gasteiger partial charge on any atom is -0.480 e. The largest absolute Gasteiger partial charge is 0.480 e. The van der Waals surface area contributed by atoms with E-state index in [1.807, 2.05) is 0 Å². The van der Waals surface area contributed by atoms with Crippen molar-refractivity contribution in [2.75, 3.05) is 18.0 Å². The third-order valence-corrected chi connectivity index (χ3v) is 5.90. The number of anilines is 1. The van der Waals surface area contributed by atoms with E-state index in [-0.39, 0.29) is 18.4 Å². The molecule has 0 radical (unpaired) electrons. The van der Waals surface area contributed by atoms with Gasteiger partial charge in [-0.3, -0.25) is 19.3 Å². The second kappa shape index (κ2) is 6.07. The molecule has 0 spiro atoms. The zero-order valence-electron chi connectivity index (χ0n) is 15.1. The van der Waals surface area contributed by atoms with Crippen LogP contribution in [0.25, 0.3) is 0 Å². The van der Waals surface area contributed by atoms with Gasteiger partial charge in [0.05, 0.1) is 11.3 Å². The molecule has 27 heavy (non-hydrogen) atoms. The molecule has 0 bridgehead atoms. The predicted octanol–water partition coefficient (Wildman–Crippen LogP) is 1.06. The Morgan fingerprint density at radius 2 is 2.00 bits per heavy atom. The fraction of sp³-hybridized carbons (Fsp3) is 0.474. The fourth-order valence-corrected chi connectivity index (χ4v) is 4.49. The van der Waals surface area contributed by atoms with Crippen LogP contribution in [0.1, 0.15) is 43.0 Å². The van der Waals surface area contributed by atoms with Gasteiger partial charge in [0, 0.05) is 13.0 Å². The molecule has 8 heteroatoms. The number of para-hydroxylation sites is 1. The number of carbonyl (C=O) groups is 4.